The summed E-state index contributed by atoms with van der Waals surface area (Å²) < 4.78 is 10.7. The van der Waals surface area contributed by atoms with E-state index in [-0.39, 0.29) is 0 Å². The van der Waals surface area contributed by atoms with E-state index in [1.165, 1.54) is 19.3 Å². The van der Waals surface area contributed by atoms with Gasteiger partial charge < -0.3 is 25.4 Å². The second-order valence-corrected chi connectivity index (χ2v) is 7.08. The van der Waals surface area contributed by atoms with E-state index in [0.29, 0.717) is 24.1 Å². The Kier molecular flexibility index (Phi) is 6.79. The van der Waals surface area contributed by atoms with Crippen LogP contribution in [-0.2, 0) is 6.42 Å². The number of hydrogen-bond acceptors (Lipinski definition) is 7. The van der Waals surface area contributed by atoms with Crippen LogP contribution in [0.4, 0.5) is 17.3 Å². The highest BCUT2D eigenvalue weighted by Crippen LogP contribution is 2.32. The lowest BCUT2D eigenvalue weighted by Crippen LogP contribution is -2.40. The van der Waals surface area contributed by atoms with Crippen LogP contribution < -0.4 is 25.4 Å². The summed E-state index contributed by atoms with van der Waals surface area (Å²) in [4.78, 5) is 11.2. The molecule has 2 aromatic rings. The number of piperidine rings is 1. The summed E-state index contributed by atoms with van der Waals surface area (Å²) in [6, 6.07) is 6.46. The van der Waals surface area contributed by atoms with Gasteiger partial charge in [-0.05, 0) is 49.8 Å². The van der Waals surface area contributed by atoms with Gasteiger partial charge >= 0.3 is 0 Å². The number of nitrogen functional groups attached to an aromatic ring is 1. The van der Waals surface area contributed by atoms with E-state index in [4.69, 9.17) is 15.2 Å². The molecular formula is C21H31N5O2. The van der Waals surface area contributed by atoms with Gasteiger partial charge in [-0.1, -0.05) is 13.0 Å². The zero-order chi connectivity index (χ0) is 19.9. The fourth-order valence-corrected chi connectivity index (χ4v) is 3.82. The zero-order valence-electron chi connectivity index (χ0n) is 17.1. The van der Waals surface area contributed by atoms with Crippen molar-refractivity contribution in [1.82, 2.24) is 9.97 Å². The van der Waals surface area contributed by atoms with E-state index < -0.39 is 0 Å². The third kappa shape index (κ3) is 4.40. The summed E-state index contributed by atoms with van der Waals surface area (Å²) >= 11 is 0. The van der Waals surface area contributed by atoms with Gasteiger partial charge in [0, 0.05) is 19.1 Å². The largest absolute Gasteiger partial charge is 0.493 e. The third-order valence-electron chi connectivity index (χ3n) is 5.39. The lowest BCUT2D eigenvalue weighted by molar-refractivity contribution is 0.354. The predicted octanol–water partition coefficient (Wildman–Crippen LogP) is 3.50. The Morgan fingerprint density at radius 3 is 2.75 bits per heavy atom. The lowest BCUT2D eigenvalue weighted by atomic mass is 10.00. The van der Waals surface area contributed by atoms with Crippen LogP contribution in [0.3, 0.4) is 0 Å². The Labute approximate surface area is 167 Å². The van der Waals surface area contributed by atoms with Crippen molar-refractivity contribution >= 4 is 17.3 Å². The molecule has 0 saturated carbocycles. The highest BCUT2D eigenvalue weighted by molar-refractivity contribution is 5.75. The van der Waals surface area contributed by atoms with Gasteiger partial charge in [0.25, 0.3) is 0 Å². The molecule has 152 valence electrons. The molecule has 0 aliphatic carbocycles. The van der Waals surface area contributed by atoms with E-state index >= 15 is 0 Å². The fraction of sp³-hybridized carbons (Fsp3) is 0.524. The first-order valence-electron chi connectivity index (χ1n) is 9.99. The number of nitrogens with one attached hydrogen (secondary N) is 1. The maximum Gasteiger partial charge on any atom is 0.160 e. The Morgan fingerprint density at radius 2 is 2.00 bits per heavy atom. The minimum Gasteiger partial charge on any atom is -0.493 e. The van der Waals surface area contributed by atoms with Gasteiger partial charge in [0.1, 0.15) is 12.0 Å². The molecule has 1 aromatic carbocycles. The molecule has 1 aromatic heterocycles. The van der Waals surface area contributed by atoms with Crippen LogP contribution in [0.1, 0.15) is 38.2 Å². The third-order valence-corrected chi connectivity index (χ3v) is 5.39. The SMILES string of the molecule is CCC1CCCCN1c1ncnc(NCCc2ccc(OC)c(OC)c2)c1N. The average molecular weight is 386 g/mol. The number of hydrogen-bond donors (Lipinski definition) is 2. The molecule has 1 fully saturated rings. The minimum absolute atomic E-state index is 0.505. The van der Waals surface area contributed by atoms with Gasteiger partial charge in [0.2, 0.25) is 0 Å². The van der Waals surface area contributed by atoms with Gasteiger partial charge in [0.15, 0.2) is 23.1 Å². The molecule has 1 unspecified atom stereocenters. The minimum atomic E-state index is 0.505. The summed E-state index contributed by atoms with van der Waals surface area (Å²) in [7, 11) is 3.28. The topological polar surface area (TPSA) is 85.5 Å². The van der Waals surface area contributed by atoms with Crippen molar-refractivity contribution in [2.24, 2.45) is 0 Å². The average Bonchev–Trinajstić information content (AvgIpc) is 2.74. The second-order valence-electron chi connectivity index (χ2n) is 7.08. The summed E-state index contributed by atoms with van der Waals surface area (Å²) in [6.45, 7) is 3.95. The van der Waals surface area contributed by atoms with Gasteiger partial charge in [-0.2, -0.15) is 0 Å². The smallest absolute Gasteiger partial charge is 0.160 e. The Hall–Kier alpha value is -2.70. The quantitative estimate of drug-likeness (QED) is 0.719. The number of rotatable bonds is 8. The van der Waals surface area contributed by atoms with Gasteiger partial charge in [-0.15, -0.1) is 0 Å². The van der Waals surface area contributed by atoms with Crippen molar-refractivity contribution in [3.05, 3.63) is 30.1 Å². The van der Waals surface area contributed by atoms with E-state index in [0.717, 1.165) is 42.3 Å². The molecule has 28 heavy (non-hydrogen) atoms. The van der Waals surface area contributed by atoms with E-state index in [9.17, 15) is 0 Å². The standard InChI is InChI=1S/C21H31N5O2/c1-4-16-7-5-6-12-26(16)21-19(22)20(24-14-25-21)23-11-10-15-8-9-17(27-2)18(13-15)28-3/h8-9,13-14,16H,4-7,10-12,22H2,1-3H3,(H,23,24,25). The molecule has 1 atom stereocenters. The molecule has 3 N–H and O–H groups in total. The normalized spacial score (nSPS) is 16.7. The molecule has 2 heterocycles. The summed E-state index contributed by atoms with van der Waals surface area (Å²) in [5, 5.41) is 3.36. The van der Waals surface area contributed by atoms with Crippen LogP contribution in [0, 0.1) is 0 Å². The van der Waals surface area contributed by atoms with Crippen LogP contribution >= 0.6 is 0 Å². The molecule has 0 radical (unpaired) electrons. The zero-order valence-corrected chi connectivity index (χ0v) is 17.1. The fourth-order valence-electron chi connectivity index (χ4n) is 3.82. The van der Waals surface area contributed by atoms with Gasteiger partial charge in [-0.25, -0.2) is 9.97 Å². The van der Waals surface area contributed by atoms with Crippen LogP contribution in [0.5, 0.6) is 11.5 Å². The summed E-state index contributed by atoms with van der Waals surface area (Å²) in [5.74, 6) is 3.02. The van der Waals surface area contributed by atoms with E-state index in [2.05, 4.69) is 27.1 Å². The number of anilines is 3. The van der Waals surface area contributed by atoms with Crippen LogP contribution in [0.25, 0.3) is 0 Å². The number of nitrogens with two attached hydrogens (primary N) is 1. The highest BCUT2D eigenvalue weighted by Gasteiger charge is 2.24. The van der Waals surface area contributed by atoms with E-state index in [1.807, 2.05) is 18.2 Å². The Morgan fingerprint density at radius 1 is 1.18 bits per heavy atom. The molecule has 1 aliphatic heterocycles. The first kappa shape index (κ1) is 20.0. The number of methoxy groups -OCH3 is 2. The second kappa shape index (κ2) is 9.48. The molecule has 3 rings (SSSR count). The first-order valence-corrected chi connectivity index (χ1v) is 9.99. The molecule has 7 nitrogen and oxygen atoms in total. The van der Waals surface area contributed by atoms with Crippen molar-refractivity contribution in [2.45, 2.75) is 45.1 Å². The summed E-state index contributed by atoms with van der Waals surface area (Å²) in [6.07, 6.45) is 7.18. The Balaban J connectivity index is 1.67. The van der Waals surface area contributed by atoms with Gasteiger partial charge in [0.05, 0.1) is 14.2 Å². The molecule has 1 aliphatic rings. The number of nitrogens with zero attached hydrogens (tertiary/aromatic N) is 3. The monoisotopic (exact) mass is 385 g/mol. The molecule has 0 amide bonds. The number of benzene rings is 1. The van der Waals surface area contributed by atoms with Crippen molar-refractivity contribution in [2.75, 3.05) is 43.3 Å². The number of aromatic nitrogens is 2. The van der Waals surface area contributed by atoms with Crippen LogP contribution in [0.2, 0.25) is 0 Å². The molecule has 0 bridgehead atoms. The van der Waals surface area contributed by atoms with E-state index in [1.54, 1.807) is 20.5 Å². The molecule has 7 heteroatoms. The van der Waals surface area contributed by atoms with Crippen molar-refractivity contribution in [1.29, 1.82) is 0 Å². The van der Waals surface area contributed by atoms with Crippen molar-refractivity contribution in [3.8, 4) is 11.5 Å². The van der Waals surface area contributed by atoms with Gasteiger partial charge in [-0.3, -0.25) is 0 Å². The highest BCUT2D eigenvalue weighted by atomic mass is 16.5. The van der Waals surface area contributed by atoms with Crippen LogP contribution in [0.15, 0.2) is 24.5 Å². The summed E-state index contributed by atoms with van der Waals surface area (Å²) in [5.41, 5.74) is 8.22. The van der Waals surface area contributed by atoms with Crippen molar-refractivity contribution in [3.63, 3.8) is 0 Å². The molecule has 0 spiro atoms. The van der Waals surface area contributed by atoms with Crippen molar-refractivity contribution < 1.29 is 9.47 Å². The van der Waals surface area contributed by atoms with Crippen LogP contribution in [-0.4, -0.2) is 43.3 Å². The lowest BCUT2D eigenvalue weighted by Gasteiger charge is -2.36. The molecule has 1 saturated heterocycles. The maximum absolute atomic E-state index is 6.43. The first-order chi connectivity index (χ1) is 13.7. The predicted molar refractivity (Wildman–Crippen MR) is 113 cm³/mol. The Bertz CT molecular complexity index is 783. The maximum atomic E-state index is 6.43. The molecular weight excluding hydrogens is 354 g/mol. The number of ether oxygens (including phenoxy) is 2.